The Balaban J connectivity index is 1.56. The van der Waals surface area contributed by atoms with Gasteiger partial charge in [-0.1, -0.05) is 18.2 Å². The van der Waals surface area contributed by atoms with Gasteiger partial charge in [0.05, 0.1) is 12.1 Å². The number of anilines is 1. The molecule has 2 saturated heterocycles. The van der Waals surface area contributed by atoms with E-state index in [9.17, 15) is 9.59 Å². The number of para-hydroxylation sites is 1. The van der Waals surface area contributed by atoms with E-state index in [0.29, 0.717) is 24.7 Å². The summed E-state index contributed by atoms with van der Waals surface area (Å²) >= 11 is 0. The lowest BCUT2D eigenvalue weighted by Crippen LogP contribution is -2.44. The average molecular weight is 339 g/mol. The van der Waals surface area contributed by atoms with Crippen LogP contribution in [0.2, 0.25) is 0 Å². The van der Waals surface area contributed by atoms with E-state index in [0.717, 1.165) is 51.9 Å². The van der Waals surface area contributed by atoms with Gasteiger partial charge in [0, 0.05) is 44.7 Å². The van der Waals surface area contributed by atoms with Crippen molar-refractivity contribution in [2.45, 2.75) is 50.6 Å². The summed E-state index contributed by atoms with van der Waals surface area (Å²) in [5, 5.41) is 0. The molecular weight excluding hydrogens is 314 g/mol. The molecule has 0 N–H and O–H groups in total. The highest BCUT2D eigenvalue weighted by molar-refractivity contribution is 5.81. The summed E-state index contributed by atoms with van der Waals surface area (Å²) in [6.45, 7) is 3.81. The van der Waals surface area contributed by atoms with Gasteiger partial charge in [-0.3, -0.25) is 9.59 Å². The first-order chi connectivity index (χ1) is 12.2. The molecule has 5 nitrogen and oxygen atoms in total. The molecule has 0 aromatic heterocycles. The summed E-state index contributed by atoms with van der Waals surface area (Å²) < 4.78 is 0. The van der Waals surface area contributed by atoms with Crippen molar-refractivity contribution in [1.29, 1.82) is 0 Å². The molecule has 1 aromatic rings. The molecule has 4 aliphatic rings. The number of hydrogen-bond donors (Lipinski definition) is 0. The standard InChI is InChI=1S/C20H25N3O2/c24-18-6-2-10-22(18)16-8-12-21-13-9-17(23-11-3-7-19(23)25)15-5-1-4-14(16)20(15)21/h1,4-5,16-17H,2-3,6-13H2. The van der Waals surface area contributed by atoms with Gasteiger partial charge in [0.25, 0.3) is 0 Å². The van der Waals surface area contributed by atoms with Crippen LogP contribution in [-0.2, 0) is 9.59 Å². The lowest BCUT2D eigenvalue weighted by molar-refractivity contribution is -0.130. The molecule has 0 bridgehead atoms. The highest BCUT2D eigenvalue weighted by Crippen LogP contribution is 2.47. The number of carbonyl (C=O) groups is 2. The quantitative estimate of drug-likeness (QED) is 0.832. The third-order valence-corrected chi connectivity index (χ3v) is 6.45. The van der Waals surface area contributed by atoms with Crippen LogP contribution in [0.3, 0.4) is 0 Å². The molecule has 0 spiro atoms. The van der Waals surface area contributed by atoms with Crippen LogP contribution in [0.4, 0.5) is 5.69 Å². The van der Waals surface area contributed by atoms with Crippen molar-refractivity contribution < 1.29 is 9.59 Å². The maximum atomic E-state index is 12.3. The molecule has 0 saturated carbocycles. The first kappa shape index (κ1) is 15.2. The molecule has 4 heterocycles. The van der Waals surface area contributed by atoms with Gasteiger partial charge >= 0.3 is 0 Å². The molecule has 25 heavy (non-hydrogen) atoms. The van der Waals surface area contributed by atoms with Gasteiger partial charge in [0.2, 0.25) is 11.8 Å². The fraction of sp³-hybridized carbons (Fsp3) is 0.600. The van der Waals surface area contributed by atoms with Gasteiger partial charge < -0.3 is 14.7 Å². The summed E-state index contributed by atoms with van der Waals surface area (Å²) in [5.41, 5.74) is 3.92. The van der Waals surface area contributed by atoms with Gasteiger partial charge in [-0.25, -0.2) is 0 Å². The van der Waals surface area contributed by atoms with Gasteiger partial charge in [-0.15, -0.1) is 0 Å². The van der Waals surface area contributed by atoms with Crippen LogP contribution in [0.5, 0.6) is 0 Å². The zero-order chi connectivity index (χ0) is 17.0. The fourth-order valence-electron chi connectivity index (χ4n) is 5.33. The van der Waals surface area contributed by atoms with Crippen LogP contribution in [0, 0.1) is 0 Å². The van der Waals surface area contributed by atoms with Crippen molar-refractivity contribution in [1.82, 2.24) is 9.80 Å². The first-order valence-electron chi connectivity index (χ1n) is 9.71. The van der Waals surface area contributed by atoms with Crippen LogP contribution in [-0.4, -0.2) is 47.8 Å². The van der Waals surface area contributed by atoms with Crippen molar-refractivity contribution in [3.63, 3.8) is 0 Å². The second kappa shape index (κ2) is 5.75. The average Bonchev–Trinajstić information content (AvgIpc) is 3.24. The molecule has 5 rings (SSSR count). The monoisotopic (exact) mass is 339 g/mol. The minimum atomic E-state index is 0.217. The minimum absolute atomic E-state index is 0.217. The van der Waals surface area contributed by atoms with E-state index in [1.807, 2.05) is 0 Å². The molecule has 2 atom stereocenters. The summed E-state index contributed by atoms with van der Waals surface area (Å²) in [6.07, 6.45) is 5.41. The highest BCUT2D eigenvalue weighted by atomic mass is 16.2. The van der Waals surface area contributed by atoms with Gasteiger partial charge in [-0.2, -0.15) is 0 Å². The number of amides is 2. The van der Waals surface area contributed by atoms with Crippen LogP contribution in [0.25, 0.3) is 0 Å². The van der Waals surface area contributed by atoms with E-state index >= 15 is 0 Å². The van der Waals surface area contributed by atoms with Crippen LogP contribution < -0.4 is 4.90 Å². The van der Waals surface area contributed by atoms with E-state index in [-0.39, 0.29) is 12.1 Å². The Hall–Kier alpha value is -2.04. The second-order valence-corrected chi connectivity index (χ2v) is 7.76. The van der Waals surface area contributed by atoms with Gasteiger partial charge in [0.15, 0.2) is 0 Å². The zero-order valence-corrected chi connectivity index (χ0v) is 14.6. The van der Waals surface area contributed by atoms with E-state index in [1.54, 1.807) is 0 Å². The first-order valence-corrected chi connectivity index (χ1v) is 9.71. The predicted molar refractivity (Wildman–Crippen MR) is 95.3 cm³/mol. The summed E-state index contributed by atoms with van der Waals surface area (Å²) in [5.74, 6) is 0.608. The smallest absolute Gasteiger partial charge is 0.223 e. The number of rotatable bonds is 2. The molecule has 2 amide bonds. The van der Waals surface area contributed by atoms with Crippen LogP contribution >= 0.6 is 0 Å². The largest absolute Gasteiger partial charge is 0.371 e. The predicted octanol–water partition coefficient (Wildman–Crippen LogP) is 2.63. The zero-order valence-electron chi connectivity index (χ0n) is 14.6. The van der Waals surface area contributed by atoms with E-state index in [1.165, 1.54) is 16.8 Å². The molecule has 2 fully saturated rings. The third kappa shape index (κ3) is 2.28. The van der Waals surface area contributed by atoms with Gasteiger partial charge in [0.1, 0.15) is 0 Å². The van der Waals surface area contributed by atoms with Crippen molar-refractivity contribution >= 4 is 17.5 Å². The maximum Gasteiger partial charge on any atom is 0.223 e. The summed E-state index contributed by atoms with van der Waals surface area (Å²) in [4.78, 5) is 31.3. The van der Waals surface area contributed by atoms with Gasteiger partial charge in [-0.05, 0) is 36.8 Å². The molecule has 0 aliphatic carbocycles. The van der Waals surface area contributed by atoms with E-state index in [4.69, 9.17) is 0 Å². The lowest BCUT2D eigenvalue weighted by atomic mass is 9.85. The Morgan fingerprint density at radius 2 is 1.28 bits per heavy atom. The van der Waals surface area contributed by atoms with Crippen molar-refractivity contribution in [3.8, 4) is 0 Å². The Morgan fingerprint density at radius 3 is 1.72 bits per heavy atom. The van der Waals surface area contributed by atoms with Crippen molar-refractivity contribution in [2.24, 2.45) is 0 Å². The number of carbonyl (C=O) groups excluding carboxylic acids is 2. The maximum absolute atomic E-state index is 12.3. The molecule has 4 aliphatic heterocycles. The lowest BCUT2D eigenvalue weighted by Gasteiger charge is -2.46. The van der Waals surface area contributed by atoms with Crippen molar-refractivity contribution in [2.75, 3.05) is 31.1 Å². The number of nitrogens with zero attached hydrogens (tertiary/aromatic N) is 3. The molecule has 1 aromatic carbocycles. The topological polar surface area (TPSA) is 43.9 Å². The Bertz CT molecular complexity index is 675. The summed E-state index contributed by atoms with van der Waals surface area (Å²) in [7, 11) is 0. The normalized spacial score (nSPS) is 28.7. The molecular formula is C20H25N3O2. The fourth-order valence-corrected chi connectivity index (χ4v) is 5.33. The molecule has 2 unspecified atom stereocenters. The summed E-state index contributed by atoms with van der Waals surface area (Å²) in [6, 6.07) is 6.97. The third-order valence-electron chi connectivity index (χ3n) is 6.45. The molecule has 5 heteroatoms. The van der Waals surface area contributed by atoms with E-state index in [2.05, 4.69) is 32.9 Å². The van der Waals surface area contributed by atoms with E-state index < -0.39 is 0 Å². The SMILES string of the molecule is O=C1CCCN1C1CCN2CCC(N3CCCC3=O)c3cccc1c32. The number of benzene rings is 1. The second-order valence-electron chi connectivity index (χ2n) is 7.76. The van der Waals surface area contributed by atoms with Crippen LogP contribution in [0.15, 0.2) is 18.2 Å². The Kier molecular flexibility index (Phi) is 3.50. The number of likely N-dealkylation sites (tertiary alicyclic amines) is 2. The Morgan fingerprint density at radius 1 is 0.760 bits per heavy atom. The highest BCUT2D eigenvalue weighted by Gasteiger charge is 2.40. The molecule has 132 valence electrons. The Labute approximate surface area is 148 Å². The van der Waals surface area contributed by atoms with Crippen LogP contribution in [0.1, 0.15) is 61.7 Å². The number of hydrogen-bond acceptors (Lipinski definition) is 3. The molecule has 0 radical (unpaired) electrons. The minimum Gasteiger partial charge on any atom is -0.371 e. The van der Waals surface area contributed by atoms with Crippen molar-refractivity contribution in [3.05, 3.63) is 29.3 Å².